The van der Waals surface area contributed by atoms with Crippen LogP contribution in [-0.4, -0.2) is 24.0 Å². The van der Waals surface area contributed by atoms with Crippen molar-refractivity contribution in [3.05, 3.63) is 35.9 Å². The highest BCUT2D eigenvalue weighted by Gasteiger charge is 2.27. The van der Waals surface area contributed by atoms with Gasteiger partial charge in [0.2, 0.25) is 0 Å². The lowest BCUT2D eigenvalue weighted by Gasteiger charge is -2.33. The second kappa shape index (κ2) is 5.21. The number of benzene rings is 1. The molecule has 1 aliphatic heterocycles. The summed E-state index contributed by atoms with van der Waals surface area (Å²) in [4.78, 5) is 12.4. The summed E-state index contributed by atoms with van der Waals surface area (Å²) in [7, 11) is 0. The Labute approximate surface area is 95.1 Å². The lowest BCUT2D eigenvalue weighted by atomic mass is 9.97. The first kappa shape index (κ1) is 11.3. The summed E-state index contributed by atoms with van der Waals surface area (Å²) in [5.41, 5.74) is 1.12. The van der Waals surface area contributed by atoms with Crippen LogP contribution in [0.1, 0.15) is 18.4 Å². The Hall–Kier alpha value is -1.22. The zero-order valence-electron chi connectivity index (χ0n) is 9.18. The number of hydrogen-bond donors (Lipinski definition) is 0. The van der Waals surface area contributed by atoms with Crippen molar-refractivity contribution in [1.82, 2.24) is 4.90 Å². The molecule has 1 saturated heterocycles. The SMILES string of the molecule is O=CC1CCN(Cc2ccccc2)C(F)C1. The number of carbonyl (C=O) groups excluding carboxylic acids is 1. The molecular formula is C13H16FNO. The Morgan fingerprint density at radius 2 is 2.12 bits per heavy atom. The predicted molar refractivity (Wildman–Crippen MR) is 60.5 cm³/mol. The normalized spacial score (nSPS) is 26.6. The van der Waals surface area contributed by atoms with E-state index in [2.05, 4.69) is 0 Å². The van der Waals surface area contributed by atoms with E-state index >= 15 is 0 Å². The highest BCUT2D eigenvalue weighted by molar-refractivity contribution is 5.53. The van der Waals surface area contributed by atoms with Crippen LogP contribution >= 0.6 is 0 Å². The second-order valence-corrected chi connectivity index (χ2v) is 4.31. The molecule has 0 radical (unpaired) electrons. The van der Waals surface area contributed by atoms with Crippen molar-refractivity contribution in [3.63, 3.8) is 0 Å². The Kier molecular flexibility index (Phi) is 3.67. The highest BCUT2D eigenvalue weighted by Crippen LogP contribution is 2.23. The van der Waals surface area contributed by atoms with Gasteiger partial charge < -0.3 is 4.79 Å². The van der Waals surface area contributed by atoms with E-state index in [1.165, 1.54) is 0 Å². The van der Waals surface area contributed by atoms with Gasteiger partial charge >= 0.3 is 0 Å². The molecule has 2 rings (SSSR count). The van der Waals surface area contributed by atoms with Crippen LogP contribution in [0.25, 0.3) is 0 Å². The maximum atomic E-state index is 13.7. The van der Waals surface area contributed by atoms with E-state index in [9.17, 15) is 9.18 Å². The fraction of sp³-hybridized carbons (Fsp3) is 0.462. The first-order valence-electron chi connectivity index (χ1n) is 5.67. The molecule has 0 bridgehead atoms. The van der Waals surface area contributed by atoms with Crippen molar-refractivity contribution in [2.24, 2.45) is 5.92 Å². The maximum Gasteiger partial charge on any atom is 0.154 e. The summed E-state index contributed by atoms with van der Waals surface area (Å²) in [5, 5.41) is 0. The number of piperidine rings is 1. The van der Waals surface area contributed by atoms with Crippen molar-refractivity contribution < 1.29 is 9.18 Å². The number of rotatable bonds is 3. The molecule has 1 aliphatic rings. The van der Waals surface area contributed by atoms with Crippen molar-refractivity contribution in [2.75, 3.05) is 6.54 Å². The Balaban J connectivity index is 1.94. The molecule has 0 N–H and O–H groups in total. The Morgan fingerprint density at radius 1 is 1.38 bits per heavy atom. The molecule has 86 valence electrons. The lowest BCUT2D eigenvalue weighted by molar-refractivity contribution is -0.114. The van der Waals surface area contributed by atoms with Crippen LogP contribution in [0.15, 0.2) is 30.3 Å². The Bertz CT molecular complexity index is 341. The quantitative estimate of drug-likeness (QED) is 0.577. The van der Waals surface area contributed by atoms with Crippen molar-refractivity contribution in [1.29, 1.82) is 0 Å². The van der Waals surface area contributed by atoms with E-state index in [0.29, 0.717) is 19.5 Å². The lowest BCUT2D eigenvalue weighted by Crippen LogP contribution is -2.39. The summed E-state index contributed by atoms with van der Waals surface area (Å²) in [6.45, 7) is 1.30. The number of likely N-dealkylation sites (tertiary alicyclic amines) is 1. The van der Waals surface area contributed by atoms with Gasteiger partial charge in [-0.3, -0.25) is 4.90 Å². The van der Waals surface area contributed by atoms with E-state index in [4.69, 9.17) is 0 Å². The van der Waals surface area contributed by atoms with Gasteiger partial charge in [-0.1, -0.05) is 30.3 Å². The van der Waals surface area contributed by atoms with Gasteiger partial charge in [0.15, 0.2) is 6.30 Å². The van der Waals surface area contributed by atoms with E-state index in [0.717, 1.165) is 18.3 Å². The van der Waals surface area contributed by atoms with Crippen molar-refractivity contribution in [3.8, 4) is 0 Å². The van der Waals surface area contributed by atoms with E-state index in [1.807, 2.05) is 30.3 Å². The molecule has 0 saturated carbocycles. The third-order valence-electron chi connectivity index (χ3n) is 3.10. The van der Waals surface area contributed by atoms with E-state index < -0.39 is 6.30 Å². The van der Waals surface area contributed by atoms with E-state index in [1.54, 1.807) is 4.90 Å². The zero-order chi connectivity index (χ0) is 11.4. The summed E-state index contributed by atoms with van der Waals surface area (Å²) < 4.78 is 13.7. The van der Waals surface area contributed by atoms with Crippen LogP contribution < -0.4 is 0 Å². The van der Waals surface area contributed by atoms with Gasteiger partial charge in [0.25, 0.3) is 0 Å². The van der Waals surface area contributed by atoms with E-state index in [-0.39, 0.29) is 5.92 Å². The van der Waals surface area contributed by atoms with Crippen LogP contribution in [0.4, 0.5) is 4.39 Å². The average molecular weight is 221 g/mol. The number of carbonyl (C=O) groups is 1. The molecule has 0 spiro atoms. The number of aldehydes is 1. The van der Waals surface area contributed by atoms with Crippen LogP contribution in [0, 0.1) is 5.92 Å². The fourth-order valence-electron chi connectivity index (χ4n) is 2.11. The summed E-state index contributed by atoms with van der Waals surface area (Å²) >= 11 is 0. The molecule has 0 amide bonds. The molecule has 0 aliphatic carbocycles. The first-order chi connectivity index (χ1) is 7.79. The summed E-state index contributed by atoms with van der Waals surface area (Å²) in [5.74, 6) is -0.0953. The molecule has 2 unspecified atom stereocenters. The van der Waals surface area contributed by atoms with Crippen LogP contribution in [0.3, 0.4) is 0 Å². The smallest absolute Gasteiger partial charge is 0.154 e. The van der Waals surface area contributed by atoms with Gasteiger partial charge in [-0.05, 0) is 12.0 Å². The molecule has 1 heterocycles. The minimum Gasteiger partial charge on any atom is -0.303 e. The number of hydrogen-bond acceptors (Lipinski definition) is 2. The van der Waals surface area contributed by atoms with Gasteiger partial charge in [-0.25, -0.2) is 4.39 Å². The first-order valence-corrected chi connectivity index (χ1v) is 5.67. The number of nitrogens with zero attached hydrogens (tertiary/aromatic N) is 1. The monoisotopic (exact) mass is 221 g/mol. The molecule has 3 heteroatoms. The van der Waals surface area contributed by atoms with Gasteiger partial charge in [-0.15, -0.1) is 0 Å². The van der Waals surface area contributed by atoms with Crippen LogP contribution in [-0.2, 0) is 11.3 Å². The summed E-state index contributed by atoms with van der Waals surface area (Å²) in [6.07, 6.45) is 1.02. The third kappa shape index (κ3) is 2.67. The molecule has 2 nitrogen and oxygen atoms in total. The molecular weight excluding hydrogens is 205 g/mol. The highest BCUT2D eigenvalue weighted by atomic mass is 19.1. The standard InChI is InChI=1S/C13H16FNO/c14-13-8-12(10-16)6-7-15(13)9-11-4-2-1-3-5-11/h1-5,10,12-13H,6-9H2. The van der Waals surface area contributed by atoms with Gasteiger partial charge in [0.1, 0.15) is 6.29 Å². The van der Waals surface area contributed by atoms with Gasteiger partial charge in [-0.2, -0.15) is 0 Å². The third-order valence-corrected chi connectivity index (χ3v) is 3.10. The van der Waals surface area contributed by atoms with Gasteiger partial charge in [0.05, 0.1) is 0 Å². The molecule has 16 heavy (non-hydrogen) atoms. The maximum absolute atomic E-state index is 13.7. The molecule has 2 atom stereocenters. The van der Waals surface area contributed by atoms with Crippen LogP contribution in [0.5, 0.6) is 0 Å². The van der Waals surface area contributed by atoms with Crippen molar-refractivity contribution in [2.45, 2.75) is 25.7 Å². The molecule has 0 aromatic heterocycles. The van der Waals surface area contributed by atoms with Crippen molar-refractivity contribution >= 4 is 6.29 Å². The number of alkyl halides is 1. The minimum atomic E-state index is -0.982. The Morgan fingerprint density at radius 3 is 2.75 bits per heavy atom. The molecule has 1 aromatic carbocycles. The second-order valence-electron chi connectivity index (χ2n) is 4.31. The molecule has 1 fully saturated rings. The largest absolute Gasteiger partial charge is 0.303 e. The average Bonchev–Trinajstić information content (AvgIpc) is 2.33. The molecule has 1 aromatic rings. The van der Waals surface area contributed by atoms with Gasteiger partial charge in [0, 0.05) is 25.4 Å². The zero-order valence-corrected chi connectivity index (χ0v) is 9.18. The number of halogens is 1. The predicted octanol–water partition coefficient (Wildman–Crippen LogP) is 2.39. The summed E-state index contributed by atoms with van der Waals surface area (Å²) in [6, 6.07) is 9.87. The minimum absolute atomic E-state index is 0.0953. The topological polar surface area (TPSA) is 20.3 Å². The fourth-order valence-corrected chi connectivity index (χ4v) is 2.11. The van der Waals surface area contributed by atoms with Crippen LogP contribution in [0.2, 0.25) is 0 Å².